The van der Waals surface area contributed by atoms with E-state index in [1.807, 2.05) is 6.92 Å². The van der Waals surface area contributed by atoms with Gasteiger partial charge in [-0.05, 0) is 6.42 Å². The molecular weight excluding hydrogens is 146 g/mol. The van der Waals surface area contributed by atoms with Gasteiger partial charge in [0.1, 0.15) is 5.38 Å². The lowest BCUT2D eigenvalue weighted by Crippen LogP contribution is -2.01. The van der Waals surface area contributed by atoms with Gasteiger partial charge in [0.05, 0.1) is 0 Å². The molecule has 0 N–H and O–H groups in total. The number of hydrogen-bond acceptors (Lipinski definition) is 0. The predicted molar refractivity (Wildman–Crippen MR) is 34.6 cm³/mol. The van der Waals surface area contributed by atoms with Crippen molar-refractivity contribution in [3.05, 3.63) is 6.43 Å². The van der Waals surface area contributed by atoms with Gasteiger partial charge in [-0.25, -0.2) is 0 Å². The molecule has 1 atom stereocenters. The predicted octanol–water partition coefficient (Wildman–Crippen LogP) is 3.21. The van der Waals surface area contributed by atoms with E-state index in [4.69, 9.17) is 11.6 Å². The third-order valence-corrected chi connectivity index (χ3v) is 1.43. The SMILES string of the molecule is CCCCC(Cl)[C](F)F. The van der Waals surface area contributed by atoms with E-state index in [9.17, 15) is 8.78 Å². The fourth-order valence-electron chi connectivity index (χ4n) is 0.492. The molecular formula is C6H10ClF2. The van der Waals surface area contributed by atoms with Crippen LogP contribution in [0, 0.1) is 6.43 Å². The van der Waals surface area contributed by atoms with E-state index in [2.05, 4.69) is 0 Å². The zero-order valence-electron chi connectivity index (χ0n) is 5.33. The summed E-state index contributed by atoms with van der Waals surface area (Å²) in [6.45, 7) is 1.94. The van der Waals surface area contributed by atoms with Gasteiger partial charge in [-0.2, -0.15) is 8.78 Å². The van der Waals surface area contributed by atoms with Crippen molar-refractivity contribution < 1.29 is 8.78 Å². The molecule has 55 valence electrons. The summed E-state index contributed by atoms with van der Waals surface area (Å²) in [4.78, 5) is 0. The molecule has 0 aliphatic carbocycles. The minimum Gasteiger partial charge on any atom is -0.198 e. The molecule has 3 heteroatoms. The lowest BCUT2D eigenvalue weighted by atomic mass is 10.2. The van der Waals surface area contributed by atoms with Crippen LogP contribution in [0.3, 0.4) is 0 Å². The maximum absolute atomic E-state index is 11.5. The molecule has 0 aromatic heterocycles. The van der Waals surface area contributed by atoms with Crippen LogP contribution >= 0.6 is 11.6 Å². The van der Waals surface area contributed by atoms with E-state index in [1.165, 1.54) is 0 Å². The van der Waals surface area contributed by atoms with Gasteiger partial charge in [0.25, 0.3) is 0 Å². The summed E-state index contributed by atoms with van der Waals surface area (Å²) in [5.41, 5.74) is 0. The summed E-state index contributed by atoms with van der Waals surface area (Å²) in [5, 5.41) is -1.02. The van der Waals surface area contributed by atoms with Crippen molar-refractivity contribution in [2.45, 2.75) is 31.6 Å². The van der Waals surface area contributed by atoms with Gasteiger partial charge in [0.15, 0.2) is 0 Å². The number of unbranched alkanes of at least 4 members (excludes halogenated alkanes) is 1. The van der Waals surface area contributed by atoms with Crippen molar-refractivity contribution in [2.75, 3.05) is 0 Å². The van der Waals surface area contributed by atoms with E-state index in [0.717, 1.165) is 12.8 Å². The first-order valence-electron chi connectivity index (χ1n) is 3.00. The van der Waals surface area contributed by atoms with E-state index in [-0.39, 0.29) is 0 Å². The first-order chi connectivity index (χ1) is 4.18. The molecule has 0 aromatic rings. The highest BCUT2D eigenvalue weighted by Gasteiger charge is 2.17. The maximum Gasteiger partial charge on any atom is 0.327 e. The van der Waals surface area contributed by atoms with Crippen LogP contribution in [0.25, 0.3) is 0 Å². The fourth-order valence-corrected chi connectivity index (χ4v) is 0.647. The van der Waals surface area contributed by atoms with Crippen LogP contribution in [-0.4, -0.2) is 5.38 Å². The normalized spacial score (nSPS) is 14.3. The molecule has 0 heterocycles. The maximum atomic E-state index is 11.5. The number of alkyl halides is 1. The molecule has 0 aliphatic heterocycles. The zero-order valence-corrected chi connectivity index (χ0v) is 6.09. The molecule has 0 fully saturated rings. The van der Waals surface area contributed by atoms with Crippen molar-refractivity contribution in [1.82, 2.24) is 0 Å². The van der Waals surface area contributed by atoms with Crippen LogP contribution in [0.1, 0.15) is 26.2 Å². The van der Waals surface area contributed by atoms with Crippen LogP contribution in [0.4, 0.5) is 8.78 Å². The highest BCUT2D eigenvalue weighted by atomic mass is 35.5. The highest BCUT2D eigenvalue weighted by molar-refractivity contribution is 6.21. The number of hydrogen-bond donors (Lipinski definition) is 0. The standard InChI is InChI=1S/C6H10ClF2/c1-2-3-4-5(7)6(8)9/h5H,2-4H2,1H3. The summed E-state index contributed by atoms with van der Waals surface area (Å²) in [6, 6.07) is 0. The first-order valence-corrected chi connectivity index (χ1v) is 3.44. The second kappa shape index (κ2) is 4.98. The molecule has 0 saturated heterocycles. The average Bonchev–Trinajstić information content (AvgIpc) is 1.82. The quantitative estimate of drug-likeness (QED) is 0.547. The average molecular weight is 156 g/mol. The molecule has 0 aromatic carbocycles. The Morgan fingerprint density at radius 1 is 1.56 bits per heavy atom. The van der Waals surface area contributed by atoms with Gasteiger partial charge in [-0.15, -0.1) is 11.6 Å². The molecule has 0 spiro atoms. The number of halogens is 3. The molecule has 0 bridgehead atoms. The summed E-state index contributed by atoms with van der Waals surface area (Å²) in [7, 11) is 0. The van der Waals surface area contributed by atoms with E-state index >= 15 is 0 Å². The second-order valence-corrected chi connectivity index (χ2v) is 2.43. The molecule has 0 saturated carbocycles. The van der Waals surface area contributed by atoms with Gasteiger partial charge in [-0.3, -0.25) is 0 Å². The van der Waals surface area contributed by atoms with Crippen molar-refractivity contribution in [2.24, 2.45) is 0 Å². The van der Waals surface area contributed by atoms with E-state index in [0.29, 0.717) is 6.42 Å². The first kappa shape index (κ1) is 9.15. The van der Waals surface area contributed by atoms with Gasteiger partial charge in [0, 0.05) is 0 Å². The van der Waals surface area contributed by atoms with Crippen LogP contribution in [0.15, 0.2) is 0 Å². The third kappa shape index (κ3) is 4.64. The molecule has 1 unspecified atom stereocenters. The van der Waals surface area contributed by atoms with Crippen LogP contribution in [-0.2, 0) is 0 Å². The zero-order chi connectivity index (χ0) is 7.28. The van der Waals surface area contributed by atoms with Crippen LogP contribution in [0.2, 0.25) is 0 Å². The summed E-state index contributed by atoms with van der Waals surface area (Å²) in [6.07, 6.45) is 0.410. The molecule has 0 aliphatic rings. The van der Waals surface area contributed by atoms with Crippen molar-refractivity contribution in [3.8, 4) is 0 Å². The Morgan fingerprint density at radius 2 is 2.11 bits per heavy atom. The molecule has 1 radical (unpaired) electrons. The molecule has 0 amide bonds. The van der Waals surface area contributed by atoms with Crippen molar-refractivity contribution in [3.63, 3.8) is 0 Å². The van der Waals surface area contributed by atoms with Gasteiger partial charge in [0.2, 0.25) is 0 Å². The van der Waals surface area contributed by atoms with Crippen molar-refractivity contribution in [1.29, 1.82) is 0 Å². The highest BCUT2D eigenvalue weighted by Crippen LogP contribution is 2.21. The number of rotatable bonds is 4. The minimum atomic E-state index is -1.66. The fraction of sp³-hybridized carbons (Fsp3) is 0.833. The second-order valence-electron chi connectivity index (χ2n) is 1.90. The van der Waals surface area contributed by atoms with Gasteiger partial charge < -0.3 is 0 Å². The summed E-state index contributed by atoms with van der Waals surface area (Å²) in [5.74, 6) is 0. The Bertz CT molecular complexity index is 66.1. The van der Waals surface area contributed by atoms with Gasteiger partial charge >= 0.3 is 6.43 Å². The topological polar surface area (TPSA) is 0 Å². The minimum absolute atomic E-state index is 0.389. The van der Waals surface area contributed by atoms with Crippen LogP contribution < -0.4 is 0 Å². The molecule has 0 rings (SSSR count). The van der Waals surface area contributed by atoms with Gasteiger partial charge in [-0.1, -0.05) is 19.8 Å². The molecule has 0 nitrogen and oxygen atoms in total. The lowest BCUT2D eigenvalue weighted by molar-refractivity contribution is 0.268. The lowest BCUT2D eigenvalue weighted by Gasteiger charge is -2.03. The smallest absolute Gasteiger partial charge is 0.198 e. The Balaban J connectivity index is 3.16. The summed E-state index contributed by atoms with van der Waals surface area (Å²) >= 11 is 5.21. The monoisotopic (exact) mass is 155 g/mol. The Kier molecular flexibility index (Phi) is 5.06. The largest absolute Gasteiger partial charge is 0.327 e. The van der Waals surface area contributed by atoms with E-state index in [1.54, 1.807) is 0 Å². The van der Waals surface area contributed by atoms with Crippen molar-refractivity contribution >= 4 is 11.6 Å². The third-order valence-electron chi connectivity index (χ3n) is 1.05. The Hall–Kier alpha value is 0.150. The molecule has 9 heavy (non-hydrogen) atoms. The Labute approximate surface area is 59.2 Å². The summed E-state index contributed by atoms with van der Waals surface area (Å²) < 4.78 is 23.1. The Morgan fingerprint density at radius 3 is 2.44 bits per heavy atom. The van der Waals surface area contributed by atoms with E-state index < -0.39 is 11.8 Å². The van der Waals surface area contributed by atoms with Crippen LogP contribution in [0.5, 0.6) is 0 Å².